The highest BCUT2D eigenvalue weighted by Gasteiger charge is 2.19. The van der Waals surface area contributed by atoms with E-state index in [2.05, 4.69) is 4.72 Å². The van der Waals surface area contributed by atoms with Crippen LogP contribution in [0.25, 0.3) is 0 Å². The number of nitro benzene ring substituents is 1. The predicted molar refractivity (Wildman–Crippen MR) is 60.0 cm³/mol. The third-order valence-electron chi connectivity index (χ3n) is 1.97. The van der Waals surface area contributed by atoms with Crippen molar-refractivity contribution in [1.29, 1.82) is 0 Å². The Morgan fingerprint density at radius 1 is 1.53 bits per heavy atom. The molecule has 0 aliphatic rings. The number of nitrogens with one attached hydrogen (secondary N) is 1. The molecule has 8 heteroatoms. The lowest BCUT2D eigenvalue weighted by atomic mass is 10.3. The largest absolute Gasteiger partial charge is 0.395 e. The maximum absolute atomic E-state index is 11.7. The van der Waals surface area contributed by atoms with Crippen molar-refractivity contribution in [3.05, 3.63) is 34.4 Å². The molecule has 0 aliphatic carbocycles. The van der Waals surface area contributed by atoms with Gasteiger partial charge in [0.05, 0.1) is 16.4 Å². The van der Waals surface area contributed by atoms with Gasteiger partial charge in [0.1, 0.15) is 0 Å². The SMILES string of the molecule is CC(CO)NS(=O)(=O)c1cccc([N+](=O)[O-])c1. The Hall–Kier alpha value is -1.51. The van der Waals surface area contributed by atoms with Crippen LogP contribution < -0.4 is 4.72 Å². The number of hydrogen-bond acceptors (Lipinski definition) is 5. The van der Waals surface area contributed by atoms with Gasteiger partial charge in [-0.05, 0) is 13.0 Å². The highest BCUT2D eigenvalue weighted by molar-refractivity contribution is 7.89. The molecule has 94 valence electrons. The Balaban J connectivity index is 3.07. The topological polar surface area (TPSA) is 110 Å². The molecule has 1 unspecified atom stereocenters. The Morgan fingerprint density at radius 3 is 2.71 bits per heavy atom. The first-order valence-electron chi connectivity index (χ1n) is 4.74. The number of aliphatic hydroxyl groups excluding tert-OH is 1. The van der Waals surface area contributed by atoms with Crippen LogP contribution in [-0.4, -0.2) is 31.1 Å². The molecule has 0 aliphatic heterocycles. The summed E-state index contributed by atoms with van der Waals surface area (Å²) in [7, 11) is -3.84. The third kappa shape index (κ3) is 3.48. The molecule has 2 N–H and O–H groups in total. The first-order chi connectivity index (χ1) is 7.86. The Labute approximate surface area is 98.3 Å². The van der Waals surface area contributed by atoms with Gasteiger partial charge in [-0.15, -0.1) is 0 Å². The minimum atomic E-state index is -3.84. The fraction of sp³-hybridized carbons (Fsp3) is 0.333. The van der Waals surface area contributed by atoms with E-state index in [1.54, 1.807) is 0 Å². The Morgan fingerprint density at radius 2 is 2.18 bits per heavy atom. The molecular weight excluding hydrogens is 248 g/mol. The zero-order valence-corrected chi connectivity index (χ0v) is 9.85. The summed E-state index contributed by atoms with van der Waals surface area (Å²) in [6.07, 6.45) is 0. The predicted octanol–water partition coefficient (Wildman–Crippen LogP) is 0.254. The van der Waals surface area contributed by atoms with Crippen LogP contribution in [0.4, 0.5) is 5.69 Å². The van der Waals surface area contributed by atoms with Crippen LogP contribution in [0, 0.1) is 10.1 Å². The molecule has 0 saturated heterocycles. The fourth-order valence-corrected chi connectivity index (χ4v) is 2.41. The number of nitrogens with zero attached hydrogens (tertiary/aromatic N) is 1. The molecule has 17 heavy (non-hydrogen) atoms. The number of sulfonamides is 1. The van der Waals surface area contributed by atoms with Crippen LogP contribution in [0.3, 0.4) is 0 Å². The molecule has 0 aromatic heterocycles. The van der Waals surface area contributed by atoms with Crippen LogP contribution in [0.15, 0.2) is 29.2 Å². The lowest BCUT2D eigenvalue weighted by molar-refractivity contribution is -0.385. The summed E-state index contributed by atoms with van der Waals surface area (Å²) < 4.78 is 25.7. The molecule has 7 nitrogen and oxygen atoms in total. The van der Waals surface area contributed by atoms with Gasteiger partial charge in [0.25, 0.3) is 5.69 Å². The number of aliphatic hydroxyl groups is 1. The maximum Gasteiger partial charge on any atom is 0.270 e. The van der Waals surface area contributed by atoms with Crippen molar-refractivity contribution < 1.29 is 18.4 Å². The minimum absolute atomic E-state index is 0.202. The van der Waals surface area contributed by atoms with Crippen LogP contribution in [0.2, 0.25) is 0 Å². The number of benzene rings is 1. The summed E-state index contributed by atoms with van der Waals surface area (Å²) in [6, 6.07) is 4.05. The fourth-order valence-electron chi connectivity index (χ4n) is 1.13. The van der Waals surface area contributed by atoms with E-state index in [1.165, 1.54) is 25.1 Å². The third-order valence-corrected chi connectivity index (χ3v) is 3.56. The maximum atomic E-state index is 11.7. The molecule has 0 spiro atoms. The summed E-state index contributed by atoms with van der Waals surface area (Å²) >= 11 is 0. The standard InChI is InChI=1S/C9H12N2O5S/c1-7(6-12)10-17(15,16)9-4-2-3-8(5-9)11(13)14/h2-5,7,10,12H,6H2,1H3. The van der Waals surface area contributed by atoms with Crippen molar-refractivity contribution in [2.45, 2.75) is 17.9 Å². The first-order valence-corrected chi connectivity index (χ1v) is 6.23. The van der Waals surface area contributed by atoms with E-state index in [-0.39, 0.29) is 17.2 Å². The molecule has 0 radical (unpaired) electrons. The van der Waals surface area contributed by atoms with Gasteiger partial charge in [-0.1, -0.05) is 6.07 Å². The second kappa shape index (κ2) is 5.21. The van der Waals surface area contributed by atoms with Crippen molar-refractivity contribution in [1.82, 2.24) is 4.72 Å². The summed E-state index contributed by atoms with van der Waals surface area (Å²) in [5.74, 6) is 0. The van der Waals surface area contributed by atoms with Crippen molar-refractivity contribution in [2.75, 3.05) is 6.61 Å². The highest BCUT2D eigenvalue weighted by Crippen LogP contribution is 2.17. The summed E-state index contributed by atoms with van der Waals surface area (Å²) in [6.45, 7) is 1.13. The van der Waals surface area contributed by atoms with Crippen molar-refractivity contribution in [2.24, 2.45) is 0 Å². The molecule has 1 aromatic rings. The molecule has 1 rings (SSSR count). The molecule has 0 amide bonds. The van der Waals surface area contributed by atoms with Gasteiger partial charge in [-0.3, -0.25) is 10.1 Å². The van der Waals surface area contributed by atoms with E-state index in [1.807, 2.05) is 0 Å². The molecule has 0 saturated carbocycles. The van der Waals surface area contributed by atoms with Gasteiger partial charge >= 0.3 is 0 Å². The minimum Gasteiger partial charge on any atom is -0.395 e. The lowest BCUT2D eigenvalue weighted by Gasteiger charge is -2.11. The summed E-state index contributed by atoms with van der Waals surface area (Å²) in [5.41, 5.74) is -0.301. The number of non-ortho nitro benzene ring substituents is 1. The van der Waals surface area contributed by atoms with Crippen LogP contribution in [-0.2, 0) is 10.0 Å². The molecule has 0 heterocycles. The molecule has 0 bridgehead atoms. The van der Waals surface area contributed by atoms with Crippen LogP contribution >= 0.6 is 0 Å². The average Bonchev–Trinajstić information content (AvgIpc) is 2.28. The second-order valence-electron chi connectivity index (χ2n) is 3.46. The zero-order chi connectivity index (χ0) is 13.1. The lowest BCUT2D eigenvalue weighted by Crippen LogP contribution is -2.34. The quantitative estimate of drug-likeness (QED) is 0.582. The number of nitro groups is 1. The smallest absolute Gasteiger partial charge is 0.270 e. The van der Waals surface area contributed by atoms with Gasteiger partial charge in [0, 0.05) is 18.2 Å². The van der Waals surface area contributed by atoms with Crippen molar-refractivity contribution >= 4 is 15.7 Å². The normalized spacial score (nSPS) is 13.3. The van der Waals surface area contributed by atoms with E-state index in [4.69, 9.17) is 5.11 Å². The van der Waals surface area contributed by atoms with E-state index in [9.17, 15) is 18.5 Å². The van der Waals surface area contributed by atoms with Crippen molar-refractivity contribution in [3.63, 3.8) is 0 Å². The van der Waals surface area contributed by atoms with Gasteiger partial charge < -0.3 is 5.11 Å². The summed E-state index contributed by atoms with van der Waals surface area (Å²) in [5, 5.41) is 19.3. The highest BCUT2D eigenvalue weighted by atomic mass is 32.2. The van der Waals surface area contributed by atoms with E-state index in [0.29, 0.717) is 0 Å². The molecular formula is C9H12N2O5S. The van der Waals surface area contributed by atoms with Gasteiger partial charge in [-0.25, -0.2) is 13.1 Å². The summed E-state index contributed by atoms with van der Waals surface area (Å²) in [4.78, 5) is 9.63. The Kier molecular flexibility index (Phi) is 4.16. The van der Waals surface area contributed by atoms with Crippen LogP contribution in [0.5, 0.6) is 0 Å². The van der Waals surface area contributed by atoms with E-state index < -0.39 is 21.0 Å². The molecule has 1 atom stereocenters. The van der Waals surface area contributed by atoms with E-state index in [0.717, 1.165) is 6.07 Å². The van der Waals surface area contributed by atoms with Gasteiger partial charge in [0.2, 0.25) is 10.0 Å². The first kappa shape index (κ1) is 13.6. The van der Waals surface area contributed by atoms with Gasteiger partial charge in [-0.2, -0.15) is 0 Å². The molecule has 0 fully saturated rings. The zero-order valence-electron chi connectivity index (χ0n) is 9.03. The Bertz CT molecular complexity index is 514. The van der Waals surface area contributed by atoms with E-state index >= 15 is 0 Å². The number of hydrogen-bond donors (Lipinski definition) is 2. The second-order valence-corrected chi connectivity index (χ2v) is 5.17. The van der Waals surface area contributed by atoms with Crippen molar-refractivity contribution in [3.8, 4) is 0 Å². The number of rotatable bonds is 5. The average molecular weight is 260 g/mol. The van der Waals surface area contributed by atoms with Gasteiger partial charge in [0.15, 0.2) is 0 Å². The monoisotopic (exact) mass is 260 g/mol. The van der Waals surface area contributed by atoms with Crippen LogP contribution in [0.1, 0.15) is 6.92 Å². The molecule has 1 aromatic carbocycles.